The Bertz CT molecular complexity index is 606. The average molecular weight is 288 g/mol. The van der Waals surface area contributed by atoms with Gasteiger partial charge in [-0.15, -0.1) is 0 Å². The molecule has 0 unspecified atom stereocenters. The molecule has 104 valence electrons. The minimum atomic E-state index is 0.190. The van der Waals surface area contributed by atoms with Crippen LogP contribution in [0.15, 0.2) is 36.4 Å². The number of phenolic OH excluding ortho intramolecular Hbond substituents is 1. The molecule has 0 atom stereocenters. The van der Waals surface area contributed by atoms with E-state index in [0.717, 1.165) is 25.9 Å². The molecule has 0 radical (unpaired) electrons. The van der Waals surface area contributed by atoms with Gasteiger partial charge in [0.25, 0.3) is 0 Å². The van der Waals surface area contributed by atoms with E-state index in [2.05, 4.69) is 36.1 Å². The van der Waals surface area contributed by atoms with E-state index in [4.69, 9.17) is 11.6 Å². The lowest BCUT2D eigenvalue weighted by Crippen LogP contribution is -2.26. The third-order valence-electron chi connectivity index (χ3n) is 4.03. The third kappa shape index (κ3) is 2.48. The minimum Gasteiger partial charge on any atom is -0.506 e. The molecule has 20 heavy (non-hydrogen) atoms. The van der Waals surface area contributed by atoms with Crippen LogP contribution in [-0.4, -0.2) is 18.2 Å². The van der Waals surface area contributed by atoms with E-state index < -0.39 is 0 Å². The van der Waals surface area contributed by atoms with Gasteiger partial charge in [-0.2, -0.15) is 0 Å². The summed E-state index contributed by atoms with van der Waals surface area (Å²) < 4.78 is 0. The Labute approximate surface area is 124 Å². The van der Waals surface area contributed by atoms with Crippen LogP contribution in [0.3, 0.4) is 0 Å². The number of para-hydroxylation sites is 1. The lowest BCUT2D eigenvalue weighted by atomic mass is 10.0. The second-order valence-electron chi connectivity index (χ2n) is 5.35. The Hall–Kier alpha value is -1.67. The molecule has 2 nitrogen and oxygen atoms in total. The Morgan fingerprint density at radius 3 is 2.40 bits per heavy atom. The van der Waals surface area contributed by atoms with Gasteiger partial charge in [0.15, 0.2) is 0 Å². The van der Waals surface area contributed by atoms with E-state index >= 15 is 0 Å². The molecule has 1 heterocycles. The van der Waals surface area contributed by atoms with Crippen LogP contribution < -0.4 is 4.90 Å². The summed E-state index contributed by atoms with van der Waals surface area (Å²) in [5.74, 6) is 0.190. The lowest BCUT2D eigenvalue weighted by molar-refractivity contribution is 0.474. The number of fused-ring (bicyclic) bond motifs is 1. The monoisotopic (exact) mass is 287 g/mol. The maximum Gasteiger partial charge on any atom is 0.134 e. The predicted molar refractivity (Wildman–Crippen MR) is 83.9 cm³/mol. The van der Waals surface area contributed by atoms with Crippen molar-refractivity contribution >= 4 is 17.3 Å². The Kier molecular flexibility index (Phi) is 3.58. The highest BCUT2D eigenvalue weighted by atomic mass is 35.5. The van der Waals surface area contributed by atoms with E-state index in [1.807, 2.05) is 12.1 Å². The van der Waals surface area contributed by atoms with Crippen LogP contribution in [0.25, 0.3) is 0 Å². The molecule has 3 heteroatoms. The highest BCUT2D eigenvalue weighted by Gasteiger charge is 2.17. The van der Waals surface area contributed by atoms with E-state index in [9.17, 15) is 5.11 Å². The zero-order chi connectivity index (χ0) is 14.1. The summed E-state index contributed by atoms with van der Waals surface area (Å²) in [4.78, 5) is 2.42. The summed E-state index contributed by atoms with van der Waals surface area (Å²) >= 11 is 6.01. The maximum absolute atomic E-state index is 9.75. The predicted octanol–water partition coefficient (Wildman–Crippen LogP) is 3.96. The van der Waals surface area contributed by atoms with E-state index in [1.165, 1.54) is 22.4 Å². The number of phenols is 1. The van der Waals surface area contributed by atoms with Crippen LogP contribution in [0.1, 0.15) is 16.7 Å². The SMILES string of the molecule is Cc1ccccc1N1CCc2cc(O)c(Cl)cc2CC1. The highest BCUT2D eigenvalue weighted by molar-refractivity contribution is 6.32. The molecule has 0 aliphatic carbocycles. The van der Waals surface area contributed by atoms with Crippen molar-refractivity contribution in [2.75, 3.05) is 18.0 Å². The second kappa shape index (κ2) is 5.37. The van der Waals surface area contributed by atoms with Gasteiger partial charge in [-0.25, -0.2) is 0 Å². The molecule has 0 amide bonds. The van der Waals surface area contributed by atoms with Gasteiger partial charge in [0, 0.05) is 18.8 Å². The smallest absolute Gasteiger partial charge is 0.134 e. The summed E-state index contributed by atoms with van der Waals surface area (Å²) in [6, 6.07) is 12.2. The molecule has 3 rings (SSSR count). The van der Waals surface area contributed by atoms with Crippen molar-refractivity contribution in [3.05, 3.63) is 58.1 Å². The number of nitrogens with zero attached hydrogens (tertiary/aromatic N) is 1. The van der Waals surface area contributed by atoms with Crippen LogP contribution in [0.4, 0.5) is 5.69 Å². The van der Waals surface area contributed by atoms with Crippen molar-refractivity contribution in [3.63, 3.8) is 0 Å². The second-order valence-corrected chi connectivity index (χ2v) is 5.75. The van der Waals surface area contributed by atoms with Crippen molar-refractivity contribution in [1.82, 2.24) is 0 Å². The fourth-order valence-corrected chi connectivity index (χ4v) is 3.08. The number of hydrogen-bond donors (Lipinski definition) is 1. The van der Waals surface area contributed by atoms with Crippen molar-refractivity contribution < 1.29 is 5.11 Å². The summed E-state index contributed by atoms with van der Waals surface area (Å²) in [5, 5.41) is 10.2. The van der Waals surface area contributed by atoms with Gasteiger partial charge in [-0.3, -0.25) is 0 Å². The molecule has 2 aromatic rings. The molecular formula is C17H18ClNO. The number of aromatic hydroxyl groups is 1. The third-order valence-corrected chi connectivity index (χ3v) is 4.33. The van der Waals surface area contributed by atoms with Crippen molar-refractivity contribution in [2.45, 2.75) is 19.8 Å². The number of benzene rings is 2. The minimum absolute atomic E-state index is 0.190. The Balaban J connectivity index is 1.88. The zero-order valence-electron chi connectivity index (χ0n) is 11.6. The lowest BCUT2D eigenvalue weighted by Gasteiger charge is -2.24. The number of hydrogen-bond acceptors (Lipinski definition) is 2. The standard InChI is InChI=1S/C17H18ClNO/c1-12-4-2-3-5-16(12)19-8-6-13-10-15(18)17(20)11-14(13)7-9-19/h2-5,10-11,20H,6-9H2,1H3. The topological polar surface area (TPSA) is 23.5 Å². The van der Waals surface area contributed by atoms with Gasteiger partial charge in [0.2, 0.25) is 0 Å². The van der Waals surface area contributed by atoms with Crippen LogP contribution in [0, 0.1) is 6.92 Å². The van der Waals surface area contributed by atoms with Crippen LogP contribution in [0.2, 0.25) is 5.02 Å². The fourth-order valence-electron chi connectivity index (χ4n) is 2.89. The molecule has 2 aromatic carbocycles. The zero-order valence-corrected chi connectivity index (χ0v) is 12.3. The van der Waals surface area contributed by atoms with Gasteiger partial charge in [0.05, 0.1) is 5.02 Å². The molecule has 0 fully saturated rings. The molecule has 1 aliphatic heterocycles. The van der Waals surface area contributed by atoms with Crippen LogP contribution >= 0.6 is 11.6 Å². The summed E-state index contributed by atoms with van der Waals surface area (Å²) in [5.41, 5.74) is 5.07. The Morgan fingerprint density at radius 1 is 1.05 bits per heavy atom. The fraction of sp³-hybridized carbons (Fsp3) is 0.294. The number of halogens is 1. The maximum atomic E-state index is 9.75. The largest absolute Gasteiger partial charge is 0.506 e. The van der Waals surface area contributed by atoms with E-state index in [1.54, 1.807) is 0 Å². The molecular weight excluding hydrogens is 270 g/mol. The molecule has 0 bridgehead atoms. The quantitative estimate of drug-likeness (QED) is 0.858. The summed E-state index contributed by atoms with van der Waals surface area (Å²) in [6.45, 7) is 4.11. The van der Waals surface area contributed by atoms with Crippen molar-refractivity contribution in [2.24, 2.45) is 0 Å². The van der Waals surface area contributed by atoms with Gasteiger partial charge < -0.3 is 10.0 Å². The van der Waals surface area contributed by atoms with Gasteiger partial charge in [-0.1, -0.05) is 29.8 Å². The molecule has 1 N–H and O–H groups in total. The number of aryl methyl sites for hydroxylation is 1. The first-order valence-electron chi connectivity index (χ1n) is 6.96. The summed E-state index contributed by atoms with van der Waals surface area (Å²) in [6.07, 6.45) is 1.90. The van der Waals surface area contributed by atoms with Crippen molar-refractivity contribution in [1.29, 1.82) is 0 Å². The number of anilines is 1. The van der Waals surface area contributed by atoms with Gasteiger partial charge in [-0.05, 0) is 54.7 Å². The first kappa shape index (κ1) is 13.3. The Morgan fingerprint density at radius 2 is 1.70 bits per heavy atom. The molecule has 0 saturated heterocycles. The van der Waals surface area contributed by atoms with Crippen molar-refractivity contribution in [3.8, 4) is 5.75 Å². The summed E-state index contributed by atoms with van der Waals surface area (Å²) in [7, 11) is 0. The van der Waals surface area contributed by atoms with E-state index in [0.29, 0.717) is 5.02 Å². The molecule has 1 aliphatic rings. The highest BCUT2D eigenvalue weighted by Crippen LogP contribution is 2.30. The average Bonchev–Trinajstić information content (AvgIpc) is 2.63. The number of rotatable bonds is 1. The van der Waals surface area contributed by atoms with E-state index in [-0.39, 0.29) is 5.75 Å². The van der Waals surface area contributed by atoms with Gasteiger partial charge >= 0.3 is 0 Å². The van der Waals surface area contributed by atoms with Crippen LogP contribution in [-0.2, 0) is 12.8 Å². The first-order valence-corrected chi connectivity index (χ1v) is 7.34. The first-order chi connectivity index (χ1) is 9.65. The van der Waals surface area contributed by atoms with Crippen LogP contribution in [0.5, 0.6) is 5.75 Å². The molecule has 0 saturated carbocycles. The normalized spacial score (nSPS) is 14.8. The van der Waals surface area contributed by atoms with Gasteiger partial charge in [0.1, 0.15) is 5.75 Å². The molecule has 0 spiro atoms. The molecule has 0 aromatic heterocycles.